The van der Waals surface area contributed by atoms with Crippen molar-refractivity contribution in [2.75, 3.05) is 6.61 Å². The molecular weight excluding hydrogens is 446 g/mol. The van der Waals surface area contributed by atoms with Gasteiger partial charge < -0.3 is 9.84 Å². The van der Waals surface area contributed by atoms with Crippen molar-refractivity contribution in [1.82, 2.24) is 0 Å². The van der Waals surface area contributed by atoms with Gasteiger partial charge in [0.2, 0.25) is 0 Å². The van der Waals surface area contributed by atoms with Gasteiger partial charge in [0.1, 0.15) is 11.5 Å². The molecule has 1 N–H and O–H groups in total. The minimum absolute atomic E-state index is 0.160. The highest BCUT2D eigenvalue weighted by Crippen LogP contribution is 2.25. The number of nitrogens with zero attached hydrogens (tertiary/aromatic N) is 3. The number of aromatic hydroxyl groups is 1. The van der Waals surface area contributed by atoms with E-state index in [4.69, 9.17) is 4.74 Å². The molecule has 0 amide bonds. The molecule has 0 saturated heterocycles. The third-order valence-electron chi connectivity index (χ3n) is 6.01. The quantitative estimate of drug-likeness (QED) is 0.125. The number of hydrogen-bond donors (Lipinski definition) is 1. The van der Waals surface area contributed by atoms with Gasteiger partial charge in [-0.2, -0.15) is 10.2 Å². The fourth-order valence-electron chi connectivity index (χ4n) is 3.86. The maximum Gasteiger partial charge on any atom is 0.128 e. The molecule has 0 aromatic heterocycles. The number of aliphatic imine (C=N–C) groups is 1. The Balaban J connectivity index is 1.36. The molecule has 3 rings (SSSR count). The van der Waals surface area contributed by atoms with Gasteiger partial charge in [0.05, 0.1) is 23.7 Å². The van der Waals surface area contributed by atoms with E-state index in [0.717, 1.165) is 23.5 Å². The van der Waals surface area contributed by atoms with E-state index >= 15 is 0 Å². The fraction of sp³-hybridized carbons (Fsp3) is 0.387. The number of hydrogen-bond acceptors (Lipinski definition) is 5. The molecule has 0 aliphatic carbocycles. The van der Waals surface area contributed by atoms with Crippen LogP contribution in [0.2, 0.25) is 0 Å². The normalized spacial score (nSPS) is 11.5. The van der Waals surface area contributed by atoms with Crippen molar-refractivity contribution in [1.29, 1.82) is 0 Å². The molecule has 0 fully saturated rings. The van der Waals surface area contributed by atoms with Crippen LogP contribution >= 0.6 is 0 Å². The second-order valence-corrected chi connectivity index (χ2v) is 9.06. The molecule has 0 aliphatic rings. The predicted molar refractivity (Wildman–Crippen MR) is 150 cm³/mol. The Hall–Kier alpha value is -3.47. The first-order chi connectivity index (χ1) is 17.7. The van der Waals surface area contributed by atoms with Gasteiger partial charge in [-0.05, 0) is 55.0 Å². The highest BCUT2D eigenvalue weighted by atomic mass is 16.5. The highest BCUT2D eigenvalue weighted by Gasteiger charge is 2.02. The number of phenols is 1. The van der Waals surface area contributed by atoms with E-state index in [0.29, 0.717) is 17.9 Å². The van der Waals surface area contributed by atoms with Crippen LogP contribution < -0.4 is 4.74 Å². The summed E-state index contributed by atoms with van der Waals surface area (Å²) in [5.41, 5.74) is 2.99. The average molecular weight is 486 g/mol. The lowest BCUT2D eigenvalue weighted by molar-refractivity contribution is 0.302. The van der Waals surface area contributed by atoms with Crippen LogP contribution in [0.25, 0.3) is 0 Å². The number of phenolic OH excluding ortho intramolecular Hbond substituents is 1. The third-order valence-corrected chi connectivity index (χ3v) is 6.01. The van der Waals surface area contributed by atoms with Crippen molar-refractivity contribution in [3.63, 3.8) is 0 Å². The lowest BCUT2D eigenvalue weighted by Gasteiger charge is -2.08. The van der Waals surface area contributed by atoms with Crippen molar-refractivity contribution in [3.05, 3.63) is 78.4 Å². The van der Waals surface area contributed by atoms with E-state index in [1.807, 2.05) is 66.7 Å². The van der Waals surface area contributed by atoms with Crippen LogP contribution in [0.1, 0.15) is 76.7 Å². The van der Waals surface area contributed by atoms with Gasteiger partial charge in [-0.3, -0.25) is 4.99 Å². The van der Waals surface area contributed by atoms with Crippen LogP contribution in [0.5, 0.6) is 11.5 Å². The summed E-state index contributed by atoms with van der Waals surface area (Å²) in [7, 11) is 0. The molecule has 0 bridgehead atoms. The summed E-state index contributed by atoms with van der Waals surface area (Å²) in [5, 5.41) is 18.8. The molecule has 190 valence electrons. The van der Waals surface area contributed by atoms with E-state index in [-0.39, 0.29) is 5.75 Å². The van der Waals surface area contributed by atoms with Crippen LogP contribution in [-0.4, -0.2) is 17.9 Å². The molecule has 5 nitrogen and oxygen atoms in total. The van der Waals surface area contributed by atoms with Gasteiger partial charge in [0, 0.05) is 17.8 Å². The first-order valence-electron chi connectivity index (χ1n) is 13.3. The molecule has 36 heavy (non-hydrogen) atoms. The molecule has 5 heteroatoms. The molecule has 3 aromatic rings. The Kier molecular flexibility index (Phi) is 12.2. The number of azo groups is 1. The molecular formula is C31H39N3O2. The number of ether oxygens (including phenoxy) is 1. The van der Waals surface area contributed by atoms with Gasteiger partial charge in [0.15, 0.2) is 0 Å². The van der Waals surface area contributed by atoms with Gasteiger partial charge in [0.25, 0.3) is 0 Å². The van der Waals surface area contributed by atoms with Crippen LogP contribution in [0, 0.1) is 0 Å². The van der Waals surface area contributed by atoms with Crippen molar-refractivity contribution in [2.24, 2.45) is 15.2 Å². The predicted octanol–water partition coefficient (Wildman–Crippen LogP) is 9.86. The lowest BCUT2D eigenvalue weighted by Crippen LogP contribution is -1.97. The molecule has 3 aromatic carbocycles. The van der Waals surface area contributed by atoms with Crippen molar-refractivity contribution >= 4 is 23.3 Å². The molecule has 0 saturated carbocycles. The van der Waals surface area contributed by atoms with Crippen LogP contribution in [0.15, 0.2) is 88.0 Å². The summed E-state index contributed by atoms with van der Waals surface area (Å²) in [6.07, 6.45) is 14.7. The fourth-order valence-corrected chi connectivity index (χ4v) is 3.86. The maximum atomic E-state index is 10.4. The third kappa shape index (κ3) is 10.4. The first kappa shape index (κ1) is 27.1. The largest absolute Gasteiger partial charge is 0.507 e. The Morgan fingerprint density at radius 3 is 1.89 bits per heavy atom. The second kappa shape index (κ2) is 16.2. The summed E-state index contributed by atoms with van der Waals surface area (Å²) in [6.45, 7) is 2.94. The number of unbranched alkanes of at least 4 members (excludes halogenated alkanes) is 9. The van der Waals surface area contributed by atoms with E-state index < -0.39 is 0 Å². The standard InChI is InChI=1S/C31H39N3O2/c1-2-3-4-5-6-7-8-9-10-14-23-36-30-22-17-26(31(35)24-30)25-32-27-18-20-29(21-19-27)34-33-28-15-12-11-13-16-28/h11-13,15-22,24-25,35H,2-10,14,23H2,1H3. The van der Waals surface area contributed by atoms with E-state index in [9.17, 15) is 5.11 Å². The summed E-state index contributed by atoms with van der Waals surface area (Å²) in [6, 6.07) is 22.5. The van der Waals surface area contributed by atoms with Crippen LogP contribution in [0.3, 0.4) is 0 Å². The van der Waals surface area contributed by atoms with Crippen LogP contribution in [-0.2, 0) is 0 Å². The lowest BCUT2D eigenvalue weighted by atomic mass is 10.1. The number of rotatable bonds is 16. The van der Waals surface area contributed by atoms with Crippen molar-refractivity contribution in [2.45, 2.75) is 71.1 Å². The molecule has 0 heterocycles. The van der Waals surface area contributed by atoms with E-state index in [1.165, 1.54) is 57.8 Å². The van der Waals surface area contributed by atoms with Crippen molar-refractivity contribution in [3.8, 4) is 11.5 Å². The second-order valence-electron chi connectivity index (χ2n) is 9.06. The zero-order chi connectivity index (χ0) is 25.3. The van der Waals surface area contributed by atoms with Crippen LogP contribution in [0.4, 0.5) is 17.1 Å². The molecule has 0 unspecified atom stereocenters. The summed E-state index contributed by atoms with van der Waals surface area (Å²) in [4.78, 5) is 4.46. The Bertz CT molecular complexity index is 1060. The van der Waals surface area contributed by atoms with E-state index in [2.05, 4.69) is 22.1 Å². The zero-order valence-corrected chi connectivity index (χ0v) is 21.5. The summed E-state index contributed by atoms with van der Waals surface area (Å²) in [5.74, 6) is 0.848. The van der Waals surface area contributed by atoms with Crippen molar-refractivity contribution < 1.29 is 9.84 Å². The molecule has 0 atom stereocenters. The zero-order valence-electron chi connectivity index (χ0n) is 21.5. The minimum atomic E-state index is 0.160. The first-order valence-corrected chi connectivity index (χ1v) is 13.3. The SMILES string of the molecule is CCCCCCCCCCCCOc1ccc(C=Nc2ccc(N=Nc3ccccc3)cc2)c(O)c1. The molecule has 0 aliphatic heterocycles. The van der Waals surface area contributed by atoms with Gasteiger partial charge in [-0.25, -0.2) is 0 Å². The Labute approximate surface area is 216 Å². The van der Waals surface area contributed by atoms with Gasteiger partial charge in [-0.1, -0.05) is 82.9 Å². The smallest absolute Gasteiger partial charge is 0.128 e. The average Bonchev–Trinajstić information content (AvgIpc) is 2.91. The summed E-state index contributed by atoms with van der Waals surface area (Å²) < 4.78 is 5.82. The monoisotopic (exact) mass is 485 g/mol. The minimum Gasteiger partial charge on any atom is -0.507 e. The highest BCUT2D eigenvalue weighted by molar-refractivity contribution is 5.85. The maximum absolute atomic E-state index is 10.4. The topological polar surface area (TPSA) is 66.5 Å². The van der Waals surface area contributed by atoms with E-state index in [1.54, 1.807) is 12.3 Å². The molecule has 0 spiro atoms. The Morgan fingerprint density at radius 1 is 0.667 bits per heavy atom. The molecule has 0 radical (unpaired) electrons. The number of benzene rings is 3. The van der Waals surface area contributed by atoms with Gasteiger partial charge in [-0.15, -0.1) is 0 Å². The Morgan fingerprint density at radius 2 is 1.25 bits per heavy atom. The van der Waals surface area contributed by atoms with Gasteiger partial charge >= 0.3 is 0 Å². The summed E-state index contributed by atoms with van der Waals surface area (Å²) >= 11 is 0.